The summed E-state index contributed by atoms with van der Waals surface area (Å²) in [5.41, 5.74) is 2.40. The van der Waals surface area contributed by atoms with Gasteiger partial charge in [0.25, 0.3) is 0 Å². The molecular weight excluding hydrogens is 254 g/mol. The molecule has 0 atom stereocenters. The Labute approximate surface area is 120 Å². The molecule has 20 heavy (non-hydrogen) atoms. The topological polar surface area (TPSA) is 44.8 Å². The normalized spacial score (nSPS) is 15.4. The third-order valence-corrected chi connectivity index (χ3v) is 3.26. The van der Waals surface area contributed by atoms with E-state index in [1.54, 1.807) is 4.90 Å². The van der Waals surface area contributed by atoms with Crippen LogP contribution in [0.5, 0.6) is 0 Å². The molecule has 0 bridgehead atoms. The maximum atomic E-state index is 11.9. The summed E-state index contributed by atoms with van der Waals surface area (Å²) in [5, 5.41) is 2.95. The number of carbonyl (C=O) groups excluding carboxylic acids is 1. The summed E-state index contributed by atoms with van der Waals surface area (Å²) >= 11 is 0. The Balaban J connectivity index is 1.79. The lowest BCUT2D eigenvalue weighted by Gasteiger charge is -2.26. The Hall–Kier alpha value is -1.59. The van der Waals surface area contributed by atoms with E-state index in [1.165, 1.54) is 5.56 Å². The summed E-state index contributed by atoms with van der Waals surface area (Å²) in [7, 11) is 4.10. The van der Waals surface area contributed by atoms with Crippen molar-refractivity contribution >= 4 is 6.03 Å². The fraction of sp³-hybridized carbons (Fsp3) is 0.533. The maximum Gasteiger partial charge on any atom is 0.317 e. The third kappa shape index (κ3) is 4.51. The number of hydrogen-bond acceptors (Lipinski definition) is 3. The van der Waals surface area contributed by atoms with Gasteiger partial charge in [0, 0.05) is 26.2 Å². The third-order valence-electron chi connectivity index (χ3n) is 3.26. The maximum absolute atomic E-state index is 11.9. The minimum Gasteiger partial charge on any atom is -0.378 e. The molecule has 2 amide bonds. The fourth-order valence-electron chi connectivity index (χ4n) is 2.18. The summed E-state index contributed by atoms with van der Waals surface area (Å²) in [5.74, 6) is 0. The summed E-state index contributed by atoms with van der Waals surface area (Å²) in [6.07, 6.45) is 0. The number of nitrogens with one attached hydrogen (secondary N) is 1. The predicted molar refractivity (Wildman–Crippen MR) is 78.5 cm³/mol. The molecule has 1 aliphatic heterocycles. The van der Waals surface area contributed by atoms with Crippen molar-refractivity contribution in [3.63, 3.8) is 0 Å². The van der Waals surface area contributed by atoms with E-state index < -0.39 is 0 Å². The molecule has 1 heterocycles. The summed E-state index contributed by atoms with van der Waals surface area (Å²) in [6, 6.07) is 8.34. The van der Waals surface area contributed by atoms with Crippen molar-refractivity contribution < 1.29 is 9.53 Å². The molecule has 1 fully saturated rings. The molecule has 1 aliphatic rings. The van der Waals surface area contributed by atoms with E-state index in [2.05, 4.69) is 48.6 Å². The number of rotatable bonds is 4. The van der Waals surface area contributed by atoms with Crippen molar-refractivity contribution in [2.45, 2.75) is 13.1 Å². The second-order valence-electron chi connectivity index (χ2n) is 5.31. The highest BCUT2D eigenvalue weighted by Crippen LogP contribution is 2.06. The zero-order chi connectivity index (χ0) is 14.4. The molecule has 0 radical (unpaired) electrons. The van der Waals surface area contributed by atoms with Gasteiger partial charge in [0.1, 0.15) is 0 Å². The molecule has 0 spiro atoms. The van der Waals surface area contributed by atoms with Crippen LogP contribution in [-0.2, 0) is 17.8 Å². The predicted octanol–water partition coefficient (Wildman–Crippen LogP) is 1.29. The summed E-state index contributed by atoms with van der Waals surface area (Å²) < 4.78 is 5.23. The lowest BCUT2D eigenvalue weighted by atomic mass is 10.1. The van der Waals surface area contributed by atoms with Gasteiger partial charge in [-0.1, -0.05) is 24.3 Å². The van der Waals surface area contributed by atoms with E-state index >= 15 is 0 Å². The van der Waals surface area contributed by atoms with Crippen molar-refractivity contribution in [2.24, 2.45) is 0 Å². The molecule has 1 aromatic carbocycles. The van der Waals surface area contributed by atoms with E-state index in [1.807, 2.05) is 0 Å². The molecule has 0 unspecified atom stereocenters. The number of carbonyl (C=O) groups is 1. The highest BCUT2D eigenvalue weighted by molar-refractivity contribution is 5.74. The minimum absolute atomic E-state index is 0.00864. The number of benzene rings is 1. The molecule has 0 aliphatic carbocycles. The van der Waals surface area contributed by atoms with Crippen LogP contribution in [0.1, 0.15) is 11.1 Å². The highest BCUT2D eigenvalue weighted by atomic mass is 16.5. The molecule has 1 N–H and O–H groups in total. The zero-order valence-electron chi connectivity index (χ0n) is 12.3. The van der Waals surface area contributed by atoms with Crippen molar-refractivity contribution in [2.75, 3.05) is 40.4 Å². The van der Waals surface area contributed by atoms with E-state index in [4.69, 9.17) is 4.74 Å². The largest absolute Gasteiger partial charge is 0.378 e. The summed E-state index contributed by atoms with van der Waals surface area (Å²) in [6.45, 7) is 4.11. The zero-order valence-corrected chi connectivity index (χ0v) is 12.3. The number of nitrogens with zero attached hydrogens (tertiary/aromatic N) is 2. The van der Waals surface area contributed by atoms with Crippen LogP contribution in [0.25, 0.3) is 0 Å². The first-order valence-electron chi connectivity index (χ1n) is 6.98. The Morgan fingerprint density at radius 3 is 2.40 bits per heavy atom. The van der Waals surface area contributed by atoms with Crippen molar-refractivity contribution in [1.82, 2.24) is 15.1 Å². The Kier molecular flexibility index (Phi) is 5.38. The first-order chi connectivity index (χ1) is 9.65. The Morgan fingerprint density at radius 1 is 1.20 bits per heavy atom. The average molecular weight is 277 g/mol. The van der Waals surface area contributed by atoms with Crippen LogP contribution in [0.15, 0.2) is 24.3 Å². The lowest BCUT2D eigenvalue weighted by molar-refractivity contribution is 0.0531. The molecule has 5 nitrogen and oxygen atoms in total. The van der Waals surface area contributed by atoms with Crippen LogP contribution in [0.2, 0.25) is 0 Å². The number of morpholine rings is 1. The lowest BCUT2D eigenvalue weighted by Crippen LogP contribution is -2.45. The van der Waals surface area contributed by atoms with Gasteiger partial charge < -0.3 is 19.9 Å². The molecule has 5 heteroatoms. The van der Waals surface area contributed by atoms with Gasteiger partial charge in [-0.3, -0.25) is 0 Å². The second-order valence-corrected chi connectivity index (χ2v) is 5.31. The van der Waals surface area contributed by atoms with E-state index in [0.717, 1.165) is 12.1 Å². The monoisotopic (exact) mass is 277 g/mol. The van der Waals surface area contributed by atoms with Gasteiger partial charge in [0.05, 0.1) is 13.2 Å². The fourth-order valence-corrected chi connectivity index (χ4v) is 2.18. The van der Waals surface area contributed by atoms with Crippen molar-refractivity contribution in [3.8, 4) is 0 Å². The highest BCUT2D eigenvalue weighted by Gasteiger charge is 2.15. The van der Waals surface area contributed by atoms with Crippen LogP contribution in [0.4, 0.5) is 4.79 Å². The van der Waals surface area contributed by atoms with Crippen LogP contribution in [0.3, 0.4) is 0 Å². The number of amides is 2. The van der Waals surface area contributed by atoms with Gasteiger partial charge >= 0.3 is 6.03 Å². The van der Waals surface area contributed by atoms with Crippen LogP contribution in [-0.4, -0.2) is 56.2 Å². The average Bonchev–Trinajstić information content (AvgIpc) is 2.46. The molecule has 2 rings (SSSR count). The SMILES string of the molecule is CN(C)Cc1ccc(CNC(=O)N2CCOCC2)cc1. The van der Waals surface area contributed by atoms with E-state index in [0.29, 0.717) is 32.8 Å². The van der Waals surface area contributed by atoms with Gasteiger partial charge in [-0.15, -0.1) is 0 Å². The number of hydrogen-bond donors (Lipinski definition) is 1. The first-order valence-corrected chi connectivity index (χ1v) is 6.98. The molecule has 0 aromatic heterocycles. The van der Waals surface area contributed by atoms with E-state index in [9.17, 15) is 4.79 Å². The number of ether oxygens (including phenoxy) is 1. The Bertz CT molecular complexity index is 425. The molecule has 1 saturated heterocycles. The molecule has 0 saturated carbocycles. The van der Waals surface area contributed by atoms with Gasteiger partial charge in [-0.25, -0.2) is 4.79 Å². The van der Waals surface area contributed by atoms with Gasteiger partial charge in [0.2, 0.25) is 0 Å². The van der Waals surface area contributed by atoms with Gasteiger partial charge in [-0.05, 0) is 25.2 Å². The minimum atomic E-state index is -0.00864. The van der Waals surface area contributed by atoms with Crippen LogP contribution < -0.4 is 5.32 Å². The quantitative estimate of drug-likeness (QED) is 0.902. The first kappa shape index (κ1) is 14.8. The van der Waals surface area contributed by atoms with Crippen LogP contribution >= 0.6 is 0 Å². The summed E-state index contributed by atoms with van der Waals surface area (Å²) in [4.78, 5) is 15.9. The van der Waals surface area contributed by atoms with Gasteiger partial charge in [-0.2, -0.15) is 0 Å². The van der Waals surface area contributed by atoms with Crippen LogP contribution in [0, 0.1) is 0 Å². The molecular formula is C15H23N3O2. The molecule has 1 aromatic rings. The second kappa shape index (κ2) is 7.26. The van der Waals surface area contributed by atoms with Crippen molar-refractivity contribution in [3.05, 3.63) is 35.4 Å². The standard InChI is InChI=1S/C15H23N3O2/c1-17(2)12-14-5-3-13(4-6-14)11-16-15(19)18-7-9-20-10-8-18/h3-6H,7-12H2,1-2H3,(H,16,19). The smallest absolute Gasteiger partial charge is 0.317 e. The van der Waals surface area contributed by atoms with Crippen molar-refractivity contribution in [1.29, 1.82) is 0 Å². The molecule has 110 valence electrons. The van der Waals surface area contributed by atoms with Gasteiger partial charge in [0.15, 0.2) is 0 Å². The van der Waals surface area contributed by atoms with E-state index in [-0.39, 0.29) is 6.03 Å². The Morgan fingerprint density at radius 2 is 1.80 bits per heavy atom. The number of urea groups is 1.